The normalized spacial score (nSPS) is 20.4. The largest absolute Gasteiger partial charge is 0.310 e. The van der Waals surface area contributed by atoms with Gasteiger partial charge in [0, 0.05) is 34.0 Å². The van der Waals surface area contributed by atoms with Crippen LogP contribution in [0.1, 0.15) is 128 Å². The van der Waals surface area contributed by atoms with Crippen LogP contribution in [0.15, 0.2) is 145 Å². The van der Waals surface area contributed by atoms with E-state index in [1.54, 1.807) is 0 Å². The molecule has 2 nitrogen and oxygen atoms in total. The van der Waals surface area contributed by atoms with Gasteiger partial charge in [0.15, 0.2) is 0 Å². The summed E-state index contributed by atoms with van der Waals surface area (Å²) in [6, 6.07) is 42.0. The molecule has 0 N–H and O–H groups in total. The van der Waals surface area contributed by atoms with Crippen molar-refractivity contribution in [2.24, 2.45) is 17.8 Å². The van der Waals surface area contributed by atoms with E-state index in [-0.39, 0.29) is 21.7 Å². The van der Waals surface area contributed by atoms with Crippen LogP contribution >= 0.6 is 0 Å². The summed E-state index contributed by atoms with van der Waals surface area (Å²) < 4.78 is 0. The molecule has 9 rings (SSSR count). The third-order valence-electron chi connectivity index (χ3n) is 13.7. The summed E-state index contributed by atoms with van der Waals surface area (Å²) in [4.78, 5) is 5.03. The van der Waals surface area contributed by atoms with Crippen molar-refractivity contribution in [2.45, 2.75) is 111 Å². The zero-order valence-electron chi connectivity index (χ0n) is 38.1. The summed E-state index contributed by atoms with van der Waals surface area (Å²) in [5.74, 6) is 1.71. The van der Waals surface area contributed by atoms with Gasteiger partial charge in [0.25, 0.3) is 0 Å². The summed E-state index contributed by atoms with van der Waals surface area (Å²) >= 11 is 0. The Bertz CT molecular complexity index is 2430. The quantitative estimate of drug-likeness (QED) is 0.169. The highest BCUT2D eigenvalue weighted by Crippen LogP contribution is 2.68. The second kappa shape index (κ2) is 14.1. The lowest BCUT2D eigenvalue weighted by Crippen LogP contribution is -2.19. The Kier molecular flexibility index (Phi) is 9.43. The van der Waals surface area contributed by atoms with Crippen LogP contribution in [-0.4, -0.2) is 0 Å². The zero-order chi connectivity index (χ0) is 42.5. The summed E-state index contributed by atoms with van der Waals surface area (Å²) in [6.45, 7) is 27.5. The molecule has 0 aromatic heterocycles. The Hall–Kier alpha value is -5.34. The lowest BCUT2D eigenvalue weighted by molar-refractivity contribution is 0.590. The number of rotatable bonds is 6. The molecular weight excluding hydrogens is 725 g/mol. The minimum atomic E-state index is 0.0803. The van der Waals surface area contributed by atoms with Crippen molar-refractivity contribution >= 4 is 40.6 Å². The molecule has 2 unspecified atom stereocenters. The fourth-order valence-corrected chi connectivity index (χ4v) is 9.99. The molecule has 306 valence electrons. The van der Waals surface area contributed by atoms with Crippen LogP contribution in [-0.2, 0) is 21.7 Å². The third-order valence-corrected chi connectivity index (χ3v) is 13.7. The smallest absolute Gasteiger partial charge is 0.0537 e. The molecule has 1 saturated carbocycles. The van der Waals surface area contributed by atoms with E-state index in [2.05, 4.69) is 239 Å². The van der Waals surface area contributed by atoms with E-state index in [0.717, 1.165) is 0 Å². The molecule has 0 bridgehead atoms. The Labute approximate surface area is 361 Å². The zero-order valence-corrected chi connectivity index (χ0v) is 38.1. The molecule has 5 aromatic carbocycles. The summed E-state index contributed by atoms with van der Waals surface area (Å²) in [6.07, 6.45) is 14.8. The van der Waals surface area contributed by atoms with Gasteiger partial charge < -0.3 is 9.80 Å². The maximum absolute atomic E-state index is 2.53. The second-order valence-corrected chi connectivity index (χ2v) is 22.0. The molecule has 0 heterocycles. The van der Waals surface area contributed by atoms with Crippen molar-refractivity contribution in [1.82, 2.24) is 0 Å². The van der Waals surface area contributed by atoms with Crippen LogP contribution in [0.5, 0.6) is 0 Å². The predicted octanol–water partition coefficient (Wildman–Crippen LogP) is 16.0. The van der Waals surface area contributed by atoms with Gasteiger partial charge in [-0.15, -0.1) is 0 Å². The highest BCUT2D eigenvalue weighted by molar-refractivity contribution is 5.88. The van der Waals surface area contributed by atoms with E-state index < -0.39 is 0 Å². The summed E-state index contributed by atoms with van der Waals surface area (Å²) in [5.41, 5.74) is 18.6. The molecular formula is C58H64N2. The van der Waals surface area contributed by atoms with E-state index in [9.17, 15) is 0 Å². The molecule has 60 heavy (non-hydrogen) atoms. The standard InChI is InChI=1S/C58H64N2/c1-55(2,3)39-17-25-43(26-18-39)59(44-27-19-40(20-28-44)56(4,5)6)49-35-15-37-13-34-48-50(36-16-38-14-33-47(49)51(37)54-52(38)53(48)54)60(45-29-21-41(22-30-45)57(7,8)9)46-31-23-42(24-32-46)58(10,11)12/h13-36,38,52-54H,1-12H3/t38?,52-,53?,54-/m1/s1. The highest BCUT2D eigenvalue weighted by Gasteiger charge is 2.59. The Morgan fingerprint density at radius 1 is 0.383 bits per heavy atom. The van der Waals surface area contributed by atoms with Gasteiger partial charge in [0.1, 0.15) is 0 Å². The van der Waals surface area contributed by atoms with Gasteiger partial charge in [0.2, 0.25) is 0 Å². The van der Waals surface area contributed by atoms with Crippen molar-refractivity contribution in [2.75, 3.05) is 9.80 Å². The number of allylic oxidation sites excluding steroid dienone is 5. The second-order valence-electron chi connectivity index (χ2n) is 22.0. The maximum atomic E-state index is 2.53. The van der Waals surface area contributed by atoms with E-state index >= 15 is 0 Å². The molecule has 2 heteroatoms. The number of hydrogen-bond donors (Lipinski definition) is 0. The number of anilines is 5. The lowest BCUT2D eigenvalue weighted by atomic mass is 9.86. The van der Waals surface area contributed by atoms with Crippen LogP contribution in [0.25, 0.3) is 12.2 Å². The monoisotopic (exact) mass is 789 g/mol. The SMILES string of the molecule is CC(C)(C)c1ccc(N(C2=C3C=Cc4ccc(N(c5ccc(C(C)(C)C)cc5)c5ccc(C(C)(C)C)cc5)c5c4[C@H]4C3[C@H]4C(C=C2)C=C5)c2ccc(C(C)(C)C)cc2)cc1. The van der Waals surface area contributed by atoms with E-state index in [4.69, 9.17) is 0 Å². The first-order valence-corrected chi connectivity index (χ1v) is 22.3. The predicted molar refractivity (Wildman–Crippen MR) is 258 cm³/mol. The molecule has 0 saturated heterocycles. The molecule has 4 aliphatic rings. The number of hydrogen-bond acceptors (Lipinski definition) is 2. The minimum absolute atomic E-state index is 0.0803. The van der Waals surface area contributed by atoms with E-state index in [0.29, 0.717) is 23.7 Å². The van der Waals surface area contributed by atoms with Crippen molar-refractivity contribution in [3.05, 3.63) is 184 Å². The first-order valence-electron chi connectivity index (χ1n) is 22.3. The summed E-state index contributed by atoms with van der Waals surface area (Å²) in [7, 11) is 0. The molecule has 0 aliphatic heterocycles. The van der Waals surface area contributed by atoms with Gasteiger partial charge in [-0.2, -0.15) is 0 Å². The fraction of sp³-hybridized carbons (Fsp3) is 0.345. The van der Waals surface area contributed by atoms with Gasteiger partial charge in [-0.25, -0.2) is 0 Å². The lowest BCUT2D eigenvalue weighted by Gasteiger charge is -2.30. The Balaban J connectivity index is 1.19. The topological polar surface area (TPSA) is 6.48 Å². The van der Waals surface area contributed by atoms with Crippen LogP contribution in [0.2, 0.25) is 0 Å². The van der Waals surface area contributed by atoms with Crippen molar-refractivity contribution in [3.63, 3.8) is 0 Å². The maximum Gasteiger partial charge on any atom is 0.0537 e. The Morgan fingerprint density at radius 2 is 0.783 bits per heavy atom. The van der Waals surface area contributed by atoms with Gasteiger partial charge in [-0.1, -0.05) is 168 Å². The number of benzene rings is 5. The molecule has 4 atom stereocenters. The molecule has 0 radical (unpaired) electrons. The van der Waals surface area contributed by atoms with Crippen molar-refractivity contribution in [3.8, 4) is 0 Å². The third kappa shape index (κ3) is 7.10. The van der Waals surface area contributed by atoms with Crippen LogP contribution in [0.4, 0.5) is 28.4 Å². The molecule has 1 fully saturated rings. The first-order chi connectivity index (χ1) is 28.3. The minimum Gasteiger partial charge on any atom is -0.310 e. The fourth-order valence-electron chi connectivity index (χ4n) is 9.99. The van der Waals surface area contributed by atoms with Gasteiger partial charge in [0.05, 0.1) is 5.69 Å². The average Bonchev–Trinajstić information content (AvgIpc) is 3.98. The van der Waals surface area contributed by atoms with Gasteiger partial charge in [-0.3, -0.25) is 0 Å². The molecule has 5 aromatic rings. The molecule has 4 aliphatic carbocycles. The van der Waals surface area contributed by atoms with E-state index in [1.165, 1.54) is 78.7 Å². The van der Waals surface area contributed by atoms with E-state index in [1.807, 2.05) is 0 Å². The molecule has 0 amide bonds. The van der Waals surface area contributed by atoms with Crippen LogP contribution in [0, 0.1) is 17.8 Å². The van der Waals surface area contributed by atoms with Crippen LogP contribution in [0.3, 0.4) is 0 Å². The average molecular weight is 789 g/mol. The number of nitrogens with zero attached hydrogens (tertiary/aromatic N) is 2. The Morgan fingerprint density at radius 3 is 1.20 bits per heavy atom. The van der Waals surface area contributed by atoms with Crippen LogP contribution < -0.4 is 9.80 Å². The first kappa shape index (κ1) is 40.1. The van der Waals surface area contributed by atoms with Gasteiger partial charge >= 0.3 is 0 Å². The van der Waals surface area contributed by atoms with Crippen molar-refractivity contribution in [1.29, 1.82) is 0 Å². The molecule has 0 spiro atoms. The van der Waals surface area contributed by atoms with Crippen molar-refractivity contribution < 1.29 is 0 Å². The summed E-state index contributed by atoms with van der Waals surface area (Å²) in [5, 5.41) is 0. The highest BCUT2D eigenvalue weighted by atomic mass is 15.2. The van der Waals surface area contributed by atoms with Gasteiger partial charge in [-0.05, 0) is 145 Å².